The van der Waals surface area contributed by atoms with Gasteiger partial charge in [0.25, 0.3) is 5.79 Å². The SMILES string of the molecule is Cc1cc2c(cc1C)OC1(O2)C2CCCC1(NC(=O)NC1C[C@@H](C)CC[C@@H]1C(C)C)CCC2. The average molecular weight is 455 g/mol. The minimum atomic E-state index is -0.791. The summed E-state index contributed by atoms with van der Waals surface area (Å²) in [5, 5.41) is 6.89. The zero-order chi connectivity index (χ0) is 23.4. The first-order valence-electron chi connectivity index (χ1n) is 13.3. The van der Waals surface area contributed by atoms with Crippen LogP contribution < -0.4 is 20.1 Å². The first kappa shape index (κ1) is 22.9. The third kappa shape index (κ3) is 3.80. The molecule has 2 N–H and O–H groups in total. The lowest BCUT2D eigenvalue weighted by Gasteiger charge is -2.56. The normalized spacial score (nSPS) is 34.4. The molecule has 1 aromatic carbocycles. The van der Waals surface area contributed by atoms with Crippen molar-refractivity contribution in [3.63, 3.8) is 0 Å². The minimum Gasteiger partial charge on any atom is -0.446 e. The first-order valence-corrected chi connectivity index (χ1v) is 13.3. The molecule has 1 spiro atoms. The Morgan fingerprint density at radius 3 is 2.18 bits per heavy atom. The summed E-state index contributed by atoms with van der Waals surface area (Å²) < 4.78 is 13.5. The Morgan fingerprint density at radius 2 is 1.61 bits per heavy atom. The van der Waals surface area contributed by atoms with E-state index < -0.39 is 11.3 Å². The number of hydrogen-bond donors (Lipinski definition) is 2. The molecular weight excluding hydrogens is 412 g/mol. The summed E-state index contributed by atoms with van der Waals surface area (Å²) in [7, 11) is 0. The van der Waals surface area contributed by atoms with Crippen LogP contribution in [0.5, 0.6) is 11.5 Å². The number of amides is 2. The highest BCUT2D eigenvalue weighted by molar-refractivity contribution is 5.75. The number of ether oxygens (including phenoxy) is 2. The van der Waals surface area contributed by atoms with E-state index in [1.807, 2.05) is 0 Å². The highest BCUT2D eigenvalue weighted by Gasteiger charge is 2.67. The van der Waals surface area contributed by atoms with E-state index in [1.165, 1.54) is 24.0 Å². The number of benzene rings is 1. The number of aryl methyl sites for hydroxylation is 2. The van der Waals surface area contributed by atoms with Crippen LogP contribution in [0, 0.1) is 37.5 Å². The number of urea groups is 1. The smallest absolute Gasteiger partial charge is 0.315 e. The van der Waals surface area contributed by atoms with Crippen molar-refractivity contribution in [3.05, 3.63) is 23.3 Å². The van der Waals surface area contributed by atoms with E-state index >= 15 is 0 Å². The second kappa shape index (κ2) is 8.39. The monoisotopic (exact) mass is 454 g/mol. The van der Waals surface area contributed by atoms with E-state index in [1.54, 1.807) is 0 Å². The molecule has 3 fully saturated rings. The van der Waals surface area contributed by atoms with Crippen LogP contribution in [0.15, 0.2) is 12.1 Å². The van der Waals surface area contributed by atoms with Gasteiger partial charge >= 0.3 is 6.03 Å². The van der Waals surface area contributed by atoms with E-state index in [2.05, 4.69) is 57.4 Å². The van der Waals surface area contributed by atoms with Crippen molar-refractivity contribution >= 4 is 6.03 Å². The average Bonchev–Trinajstić information content (AvgIpc) is 3.08. The van der Waals surface area contributed by atoms with Crippen molar-refractivity contribution in [2.45, 2.75) is 110 Å². The number of carbonyl (C=O) groups excluding carboxylic acids is 1. The molecule has 0 aromatic heterocycles. The van der Waals surface area contributed by atoms with Gasteiger partial charge in [0.05, 0.1) is 0 Å². The van der Waals surface area contributed by atoms with Crippen LogP contribution >= 0.6 is 0 Å². The molecule has 1 aromatic rings. The fraction of sp³-hybridized carbons (Fsp3) is 0.750. The second-order valence-corrected chi connectivity index (χ2v) is 11.8. The molecule has 5 heteroatoms. The maximum Gasteiger partial charge on any atom is 0.315 e. The lowest BCUT2D eigenvalue weighted by Crippen LogP contribution is -2.75. The van der Waals surface area contributed by atoms with Crippen molar-refractivity contribution < 1.29 is 14.3 Å². The molecule has 2 bridgehead atoms. The van der Waals surface area contributed by atoms with Crippen LogP contribution in [0.1, 0.15) is 89.7 Å². The predicted molar refractivity (Wildman–Crippen MR) is 131 cm³/mol. The number of nitrogens with one attached hydrogen (secondary N) is 2. The van der Waals surface area contributed by atoms with Crippen LogP contribution in [0.25, 0.3) is 0 Å². The number of rotatable bonds is 3. The minimum absolute atomic E-state index is 0.0443. The van der Waals surface area contributed by atoms with Crippen LogP contribution in [0.2, 0.25) is 0 Å². The first-order chi connectivity index (χ1) is 15.7. The molecule has 0 saturated heterocycles. The van der Waals surface area contributed by atoms with E-state index in [4.69, 9.17) is 9.47 Å². The number of hydrogen-bond acceptors (Lipinski definition) is 3. The molecule has 1 unspecified atom stereocenters. The third-order valence-corrected chi connectivity index (χ3v) is 9.29. The summed E-state index contributed by atoms with van der Waals surface area (Å²) in [6.07, 6.45) is 9.70. The van der Waals surface area contributed by atoms with Gasteiger partial charge in [0.1, 0.15) is 5.54 Å². The Bertz CT molecular complexity index is 870. The van der Waals surface area contributed by atoms with E-state index in [0.29, 0.717) is 23.7 Å². The summed E-state index contributed by atoms with van der Waals surface area (Å²) in [6, 6.07) is 4.40. The molecule has 4 aliphatic rings. The van der Waals surface area contributed by atoms with Gasteiger partial charge in [-0.3, -0.25) is 0 Å². The Kier molecular flexibility index (Phi) is 5.81. The topological polar surface area (TPSA) is 59.6 Å². The van der Waals surface area contributed by atoms with Crippen LogP contribution in [0.3, 0.4) is 0 Å². The molecule has 3 saturated carbocycles. The van der Waals surface area contributed by atoms with Crippen molar-refractivity contribution in [1.29, 1.82) is 0 Å². The van der Waals surface area contributed by atoms with Crippen molar-refractivity contribution in [1.82, 2.24) is 10.6 Å². The standard InChI is InChI=1S/C28H42N2O3/c1-17(2)22-11-10-18(3)14-23(22)29-26(31)30-27-12-6-8-21(9-7-13-27)28(27)32-24-15-19(4)20(5)16-25(24)33-28/h15-18,21-23H,6-14H2,1-5H3,(H2,29,30,31)/t18-,21?,22+,23?,27?/m0/s1. The molecule has 5 rings (SSSR count). The van der Waals surface area contributed by atoms with E-state index in [9.17, 15) is 4.79 Å². The zero-order valence-electron chi connectivity index (χ0n) is 21.1. The van der Waals surface area contributed by atoms with E-state index in [-0.39, 0.29) is 12.1 Å². The molecule has 1 aliphatic heterocycles. The summed E-state index contributed by atoms with van der Waals surface area (Å²) in [6.45, 7) is 11.1. The maximum atomic E-state index is 13.5. The van der Waals surface area contributed by atoms with Crippen molar-refractivity contribution in [2.75, 3.05) is 0 Å². The fourth-order valence-corrected chi connectivity index (χ4v) is 7.32. The Labute approximate surface area is 199 Å². The second-order valence-electron chi connectivity index (χ2n) is 11.8. The lowest BCUT2D eigenvalue weighted by molar-refractivity contribution is -0.222. The van der Waals surface area contributed by atoms with Crippen molar-refractivity contribution in [3.8, 4) is 11.5 Å². The molecule has 3 atom stereocenters. The summed E-state index contributed by atoms with van der Waals surface area (Å²) in [5.41, 5.74) is 1.93. The Balaban J connectivity index is 1.40. The summed E-state index contributed by atoms with van der Waals surface area (Å²) in [5.74, 6) is 2.94. The quantitative estimate of drug-likeness (QED) is 0.567. The molecule has 1 heterocycles. The van der Waals surface area contributed by atoms with Gasteiger partial charge in [0.15, 0.2) is 11.5 Å². The predicted octanol–water partition coefficient (Wildman–Crippen LogP) is 6.25. The number of fused-ring (bicyclic) bond motifs is 1. The van der Waals surface area contributed by atoms with Crippen LogP contribution in [-0.4, -0.2) is 23.4 Å². The maximum absolute atomic E-state index is 13.5. The molecule has 3 aliphatic carbocycles. The van der Waals surface area contributed by atoms with Gasteiger partial charge in [-0.15, -0.1) is 0 Å². The largest absolute Gasteiger partial charge is 0.446 e. The van der Waals surface area contributed by atoms with Gasteiger partial charge in [-0.25, -0.2) is 4.79 Å². The van der Waals surface area contributed by atoms with Crippen LogP contribution in [-0.2, 0) is 0 Å². The lowest BCUT2D eigenvalue weighted by atomic mass is 9.62. The highest BCUT2D eigenvalue weighted by atomic mass is 16.7. The fourth-order valence-electron chi connectivity index (χ4n) is 7.32. The third-order valence-electron chi connectivity index (χ3n) is 9.29. The van der Waals surface area contributed by atoms with Gasteiger partial charge in [0, 0.05) is 12.0 Å². The zero-order valence-corrected chi connectivity index (χ0v) is 21.1. The Hall–Kier alpha value is -1.91. The van der Waals surface area contributed by atoms with Gasteiger partial charge in [0.2, 0.25) is 0 Å². The van der Waals surface area contributed by atoms with E-state index in [0.717, 1.165) is 56.4 Å². The summed E-state index contributed by atoms with van der Waals surface area (Å²) in [4.78, 5) is 13.5. The van der Waals surface area contributed by atoms with Gasteiger partial charge < -0.3 is 20.1 Å². The molecular formula is C28H42N2O3. The Morgan fingerprint density at radius 1 is 1.00 bits per heavy atom. The molecule has 0 radical (unpaired) electrons. The van der Waals surface area contributed by atoms with Gasteiger partial charge in [-0.05, 0) is 93.4 Å². The summed E-state index contributed by atoms with van der Waals surface area (Å²) >= 11 is 0. The van der Waals surface area contributed by atoms with Crippen LogP contribution in [0.4, 0.5) is 4.79 Å². The van der Waals surface area contributed by atoms with Gasteiger partial charge in [-0.1, -0.05) is 40.0 Å². The molecule has 33 heavy (non-hydrogen) atoms. The van der Waals surface area contributed by atoms with Gasteiger partial charge in [-0.2, -0.15) is 0 Å². The molecule has 2 amide bonds. The molecule has 5 nitrogen and oxygen atoms in total. The number of carbonyl (C=O) groups is 1. The van der Waals surface area contributed by atoms with Crippen molar-refractivity contribution in [2.24, 2.45) is 23.7 Å². The highest BCUT2D eigenvalue weighted by Crippen LogP contribution is 2.57. The molecule has 182 valence electrons.